The van der Waals surface area contributed by atoms with Crippen LogP contribution < -0.4 is 5.32 Å². The molecule has 0 saturated carbocycles. The van der Waals surface area contributed by atoms with Crippen molar-refractivity contribution in [1.29, 1.82) is 0 Å². The highest BCUT2D eigenvalue weighted by molar-refractivity contribution is 7.10. The Balaban J connectivity index is 2.63. The summed E-state index contributed by atoms with van der Waals surface area (Å²) < 4.78 is 0. The van der Waals surface area contributed by atoms with Crippen LogP contribution in [0.25, 0.3) is 6.08 Å². The molecule has 15 heavy (non-hydrogen) atoms. The molecule has 2 nitrogen and oxygen atoms in total. The highest BCUT2D eigenvalue weighted by atomic mass is 32.1. The summed E-state index contributed by atoms with van der Waals surface area (Å²) in [5, 5.41) is 3.48. The molecule has 0 radical (unpaired) electrons. The van der Waals surface area contributed by atoms with Crippen molar-refractivity contribution < 1.29 is 0 Å². The van der Waals surface area contributed by atoms with Crippen LogP contribution in [0.2, 0.25) is 0 Å². The average molecular weight is 224 g/mol. The fourth-order valence-electron chi connectivity index (χ4n) is 1.30. The van der Waals surface area contributed by atoms with Crippen molar-refractivity contribution in [2.45, 2.75) is 40.2 Å². The highest BCUT2D eigenvalue weighted by Gasteiger charge is 2.04. The first kappa shape index (κ1) is 12.4. The molecular formula is C12H20N2S. The predicted molar refractivity (Wildman–Crippen MR) is 68.3 cm³/mol. The summed E-state index contributed by atoms with van der Waals surface area (Å²) in [4.78, 5) is 5.52. The zero-order valence-corrected chi connectivity index (χ0v) is 10.8. The van der Waals surface area contributed by atoms with E-state index in [1.807, 2.05) is 5.51 Å². The maximum Gasteiger partial charge on any atom is 0.0801 e. The fraction of sp³-hybridized carbons (Fsp3) is 0.583. The zero-order chi connectivity index (χ0) is 11.3. The van der Waals surface area contributed by atoms with Crippen molar-refractivity contribution in [2.24, 2.45) is 0 Å². The molecule has 3 heteroatoms. The Kier molecular flexibility index (Phi) is 4.99. The molecule has 0 aliphatic heterocycles. The minimum Gasteiger partial charge on any atom is -0.311 e. The Hall–Kier alpha value is -0.670. The van der Waals surface area contributed by atoms with Crippen LogP contribution in [0.3, 0.4) is 0 Å². The Morgan fingerprint density at radius 3 is 2.93 bits per heavy atom. The molecule has 0 saturated heterocycles. The van der Waals surface area contributed by atoms with E-state index < -0.39 is 0 Å². The van der Waals surface area contributed by atoms with Gasteiger partial charge in [0.05, 0.1) is 11.2 Å². The zero-order valence-electron chi connectivity index (χ0n) is 10.0. The summed E-state index contributed by atoms with van der Waals surface area (Å²) in [7, 11) is 0. The van der Waals surface area contributed by atoms with Gasteiger partial charge in [-0.15, -0.1) is 11.3 Å². The number of rotatable bonds is 5. The summed E-state index contributed by atoms with van der Waals surface area (Å²) in [6.45, 7) is 9.70. The number of nitrogens with one attached hydrogen (secondary N) is 1. The normalized spacial score (nSPS) is 14.3. The lowest BCUT2D eigenvalue weighted by Crippen LogP contribution is -2.27. The number of thiazole rings is 1. The summed E-state index contributed by atoms with van der Waals surface area (Å²) in [6.07, 6.45) is 3.41. The molecule has 0 aromatic carbocycles. The van der Waals surface area contributed by atoms with E-state index in [9.17, 15) is 0 Å². The molecule has 1 aromatic heterocycles. The van der Waals surface area contributed by atoms with Crippen molar-refractivity contribution in [3.05, 3.63) is 21.7 Å². The van der Waals surface area contributed by atoms with E-state index in [2.05, 4.69) is 44.1 Å². The molecular weight excluding hydrogens is 204 g/mol. The quantitative estimate of drug-likeness (QED) is 0.830. The Morgan fingerprint density at radius 2 is 2.40 bits per heavy atom. The number of aryl methyl sites for hydroxylation is 1. The van der Waals surface area contributed by atoms with E-state index in [0.717, 1.165) is 12.2 Å². The Morgan fingerprint density at radius 1 is 1.67 bits per heavy atom. The van der Waals surface area contributed by atoms with Crippen LogP contribution in [0.15, 0.2) is 11.1 Å². The van der Waals surface area contributed by atoms with E-state index in [1.165, 1.54) is 16.9 Å². The Bertz CT molecular complexity index is 328. The molecule has 1 rings (SSSR count). The molecule has 0 amide bonds. The third-order valence-electron chi connectivity index (χ3n) is 2.52. The Labute approximate surface area is 96.4 Å². The maximum atomic E-state index is 4.24. The molecule has 1 heterocycles. The van der Waals surface area contributed by atoms with Gasteiger partial charge in [0.25, 0.3) is 0 Å². The first-order valence-electron chi connectivity index (χ1n) is 5.46. The van der Waals surface area contributed by atoms with E-state index in [0.29, 0.717) is 6.04 Å². The van der Waals surface area contributed by atoms with Crippen molar-refractivity contribution >= 4 is 17.4 Å². The molecule has 1 aromatic rings. The summed E-state index contributed by atoms with van der Waals surface area (Å²) >= 11 is 1.70. The number of hydrogen-bond acceptors (Lipinski definition) is 3. The summed E-state index contributed by atoms with van der Waals surface area (Å²) in [6, 6.07) is 0.450. The molecule has 1 N–H and O–H groups in total. The van der Waals surface area contributed by atoms with E-state index in [4.69, 9.17) is 0 Å². The van der Waals surface area contributed by atoms with Crippen LogP contribution in [0.5, 0.6) is 0 Å². The molecule has 84 valence electrons. The topological polar surface area (TPSA) is 24.9 Å². The third-order valence-corrected chi connectivity index (χ3v) is 3.40. The number of nitrogens with zero attached hydrogens (tertiary/aromatic N) is 1. The lowest BCUT2D eigenvalue weighted by Gasteiger charge is -2.13. The van der Waals surface area contributed by atoms with Crippen LogP contribution in [0.4, 0.5) is 0 Å². The molecule has 0 aliphatic rings. The first-order chi connectivity index (χ1) is 7.15. The SMILES string of the molecule is CCCNC(C)C(C)=Cc1scnc1C. The second kappa shape index (κ2) is 6.03. The van der Waals surface area contributed by atoms with Crippen molar-refractivity contribution in [2.75, 3.05) is 6.54 Å². The molecule has 0 bridgehead atoms. The maximum absolute atomic E-state index is 4.24. The second-order valence-electron chi connectivity index (χ2n) is 3.87. The summed E-state index contributed by atoms with van der Waals surface area (Å²) in [5.74, 6) is 0. The van der Waals surface area contributed by atoms with Crippen molar-refractivity contribution in [3.8, 4) is 0 Å². The van der Waals surface area contributed by atoms with Gasteiger partial charge in [0, 0.05) is 10.9 Å². The molecule has 1 atom stereocenters. The third kappa shape index (κ3) is 3.76. The van der Waals surface area contributed by atoms with Gasteiger partial charge in [-0.2, -0.15) is 0 Å². The van der Waals surface area contributed by atoms with Gasteiger partial charge in [-0.25, -0.2) is 4.98 Å². The van der Waals surface area contributed by atoms with Crippen LogP contribution >= 0.6 is 11.3 Å². The second-order valence-corrected chi connectivity index (χ2v) is 4.75. The van der Waals surface area contributed by atoms with E-state index >= 15 is 0 Å². The molecule has 0 spiro atoms. The van der Waals surface area contributed by atoms with Crippen molar-refractivity contribution in [3.63, 3.8) is 0 Å². The predicted octanol–water partition coefficient (Wildman–Crippen LogP) is 3.24. The largest absolute Gasteiger partial charge is 0.311 e. The van der Waals surface area contributed by atoms with Crippen molar-refractivity contribution in [1.82, 2.24) is 10.3 Å². The molecule has 0 aliphatic carbocycles. The van der Waals surface area contributed by atoms with Gasteiger partial charge in [-0.1, -0.05) is 12.5 Å². The smallest absolute Gasteiger partial charge is 0.0801 e. The first-order valence-corrected chi connectivity index (χ1v) is 6.34. The van der Waals surface area contributed by atoms with Gasteiger partial charge >= 0.3 is 0 Å². The minimum absolute atomic E-state index is 0.450. The minimum atomic E-state index is 0.450. The van der Waals surface area contributed by atoms with E-state index in [1.54, 1.807) is 11.3 Å². The van der Waals surface area contributed by atoms with Crippen LogP contribution in [0, 0.1) is 6.92 Å². The standard InChI is InChI=1S/C12H20N2S/c1-5-6-13-10(3)9(2)7-12-11(4)14-8-15-12/h7-8,10,13H,5-6H2,1-4H3. The lowest BCUT2D eigenvalue weighted by atomic mass is 10.1. The average Bonchev–Trinajstić information content (AvgIpc) is 2.61. The van der Waals surface area contributed by atoms with Gasteiger partial charge in [-0.3, -0.25) is 0 Å². The molecule has 0 fully saturated rings. The van der Waals surface area contributed by atoms with Gasteiger partial charge in [0.15, 0.2) is 0 Å². The van der Waals surface area contributed by atoms with E-state index in [-0.39, 0.29) is 0 Å². The lowest BCUT2D eigenvalue weighted by molar-refractivity contribution is 0.604. The van der Waals surface area contributed by atoms with Gasteiger partial charge in [-0.05, 0) is 39.8 Å². The van der Waals surface area contributed by atoms with Gasteiger partial charge in [0.1, 0.15) is 0 Å². The number of aromatic nitrogens is 1. The monoisotopic (exact) mass is 224 g/mol. The number of hydrogen-bond donors (Lipinski definition) is 1. The fourth-order valence-corrected chi connectivity index (χ4v) is 2.10. The van der Waals surface area contributed by atoms with Crippen LogP contribution in [-0.4, -0.2) is 17.6 Å². The van der Waals surface area contributed by atoms with Gasteiger partial charge in [0.2, 0.25) is 0 Å². The molecule has 1 unspecified atom stereocenters. The van der Waals surface area contributed by atoms with Crippen LogP contribution in [-0.2, 0) is 0 Å². The van der Waals surface area contributed by atoms with Gasteiger partial charge < -0.3 is 5.32 Å². The summed E-state index contributed by atoms with van der Waals surface area (Å²) in [5.41, 5.74) is 4.40. The highest BCUT2D eigenvalue weighted by Crippen LogP contribution is 2.17. The van der Waals surface area contributed by atoms with Crippen LogP contribution in [0.1, 0.15) is 37.8 Å².